The number of carbonyl (C=O) groups is 1. The first-order chi connectivity index (χ1) is 7.81. The molecule has 0 radical (unpaired) electrons. The van der Waals surface area contributed by atoms with Gasteiger partial charge in [-0.1, -0.05) is 12.8 Å². The third-order valence-corrected chi connectivity index (χ3v) is 3.69. The number of aliphatic hydroxyl groups excluding tert-OH is 1. The van der Waals surface area contributed by atoms with Crippen LogP contribution >= 0.6 is 0 Å². The monoisotopic (exact) mass is 226 g/mol. The fourth-order valence-electron chi connectivity index (χ4n) is 2.62. The van der Waals surface area contributed by atoms with E-state index in [2.05, 4.69) is 0 Å². The summed E-state index contributed by atoms with van der Waals surface area (Å²) in [5, 5.41) is 9.07. The Balaban J connectivity index is 1.86. The van der Waals surface area contributed by atoms with Gasteiger partial charge in [-0.2, -0.15) is 0 Å². The Kier molecular flexibility index (Phi) is 4.04. The van der Waals surface area contributed by atoms with Crippen LogP contribution in [0.4, 0.5) is 4.79 Å². The van der Waals surface area contributed by atoms with Gasteiger partial charge in [0, 0.05) is 38.7 Å². The van der Waals surface area contributed by atoms with Crippen molar-refractivity contribution in [1.82, 2.24) is 9.80 Å². The highest BCUT2D eigenvalue weighted by Crippen LogP contribution is 2.19. The van der Waals surface area contributed by atoms with Crippen molar-refractivity contribution < 1.29 is 9.90 Å². The van der Waals surface area contributed by atoms with Gasteiger partial charge in [-0.15, -0.1) is 0 Å². The van der Waals surface area contributed by atoms with Gasteiger partial charge in [0.25, 0.3) is 0 Å². The largest absolute Gasteiger partial charge is 0.396 e. The topological polar surface area (TPSA) is 43.8 Å². The summed E-state index contributed by atoms with van der Waals surface area (Å²) in [6.45, 7) is 3.61. The van der Waals surface area contributed by atoms with Crippen LogP contribution in [-0.4, -0.2) is 53.7 Å². The molecular formula is C12H22N2O2. The highest BCUT2D eigenvalue weighted by atomic mass is 16.3. The quantitative estimate of drug-likeness (QED) is 0.732. The fourth-order valence-corrected chi connectivity index (χ4v) is 2.62. The Morgan fingerprint density at radius 1 is 1.06 bits per heavy atom. The minimum Gasteiger partial charge on any atom is -0.396 e. The molecule has 1 unspecified atom stereocenters. The highest BCUT2D eigenvalue weighted by molar-refractivity contribution is 5.74. The minimum absolute atomic E-state index is 0.192. The second-order valence-electron chi connectivity index (χ2n) is 4.97. The number of aliphatic hydroxyl groups is 1. The molecule has 0 aliphatic carbocycles. The van der Waals surface area contributed by atoms with Crippen molar-refractivity contribution in [2.24, 2.45) is 5.92 Å². The number of likely N-dealkylation sites (tertiary alicyclic amines) is 2. The molecule has 2 rings (SSSR count). The summed E-state index contributed by atoms with van der Waals surface area (Å²) in [6, 6.07) is 0.192. The number of hydrogen-bond donors (Lipinski definition) is 1. The van der Waals surface area contributed by atoms with Gasteiger partial charge in [-0.25, -0.2) is 4.79 Å². The number of hydrogen-bond acceptors (Lipinski definition) is 2. The van der Waals surface area contributed by atoms with Crippen LogP contribution in [0.25, 0.3) is 0 Å². The smallest absolute Gasteiger partial charge is 0.320 e. The summed E-state index contributed by atoms with van der Waals surface area (Å²) < 4.78 is 0. The lowest BCUT2D eigenvalue weighted by molar-refractivity contribution is 0.159. The van der Waals surface area contributed by atoms with Crippen molar-refractivity contribution in [2.75, 3.05) is 32.8 Å². The first-order valence-corrected chi connectivity index (χ1v) is 6.46. The molecule has 2 saturated heterocycles. The maximum absolute atomic E-state index is 12.2. The first-order valence-electron chi connectivity index (χ1n) is 6.46. The minimum atomic E-state index is 0.192. The van der Waals surface area contributed by atoms with Gasteiger partial charge in [-0.05, 0) is 19.3 Å². The summed E-state index contributed by atoms with van der Waals surface area (Å²) in [4.78, 5) is 16.1. The lowest BCUT2D eigenvalue weighted by Crippen LogP contribution is -2.42. The predicted octanol–water partition coefficient (Wildman–Crippen LogP) is 1.30. The Labute approximate surface area is 97.2 Å². The molecule has 2 amide bonds. The fraction of sp³-hybridized carbons (Fsp3) is 0.917. The second-order valence-corrected chi connectivity index (χ2v) is 4.97. The molecule has 4 heteroatoms. The van der Waals surface area contributed by atoms with E-state index in [1.807, 2.05) is 9.80 Å². The highest BCUT2D eigenvalue weighted by Gasteiger charge is 2.28. The molecule has 0 aromatic heterocycles. The molecular weight excluding hydrogens is 204 g/mol. The molecule has 0 aromatic rings. The number of rotatable bonds is 1. The van der Waals surface area contributed by atoms with Crippen LogP contribution in [0, 0.1) is 5.92 Å². The molecule has 2 fully saturated rings. The summed E-state index contributed by atoms with van der Waals surface area (Å²) in [6.07, 6.45) is 5.74. The Hall–Kier alpha value is -0.770. The SMILES string of the molecule is O=C(N1CCCCCC1)N1CCC(CO)C1. The molecule has 16 heavy (non-hydrogen) atoms. The van der Waals surface area contributed by atoms with Gasteiger partial charge < -0.3 is 14.9 Å². The van der Waals surface area contributed by atoms with Crippen LogP contribution in [0.2, 0.25) is 0 Å². The number of nitrogens with zero attached hydrogens (tertiary/aromatic N) is 2. The number of amides is 2. The van der Waals surface area contributed by atoms with Gasteiger partial charge in [0.1, 0.15) is 0 Å². The molecule has 92 valence electrons. The first kappa shape index (κ1) is 11.7. The maximum Gasteiger partial charge on any atom is 0.320 e. The molecule has 0 bridgehead atoms. The number of urea groups is 1. The van der Waals surface area contributed by atoms with Crippen LogP contribution in [0.5, 0.6) is 0 Å². The van der Waals surface area contributed by atoms with Crippen LogP contribution in [0.3, 0.4) is 0 Å². The molecule has 1 N–H and O–H groups in total. The lowest BCUT2D eigenvalue weighted by Gasteiger charge is -2.26. The molecule has 1 atom stereocenters. The van der Waals surface area contributed by atoms with Gasteiger partial charge in [0.15, 0.2) is 0 Å². The average Bonchev–Trinajstić information content (AvgIpc) is 2.62. The lowest BCUT2D eigenvalue weighted by atomic mass is 10.1. The molecule has 2 heterocycles. The van der Waals surface area contributed by atoms with E-state index in [1.54, 1.807) is 0 Å². The second kappa shape index (κ2) is 5.53. The summed E-state index contributed by atoms with van der Waals surface area (Å²) in [5.74, 6) is 0.302. The zero-order valence-corrected chi connectivity index (χ0v) is 9.90. The summed E-state index contributed by atoms with van der Waals surface area (Å²) >= 11 is 0. The maximum atomic E-state index is 12.2. The van der Waals surface area contributed by atoms with Crippen LogP contribution in [0.15, 0.2) is 0 Å². The van der Waals surface area contributed by atoms with Crippen molar-refractivity contribution in [3.8, 4) is 0 Å². The van der Waals surface area contributed by atoms with Crippen molar-refractivity contribution >= 4 is 6.03 Å². The van der Waals surface area contributed by atoms with Gasteiger partial charge in [0.05, 0.1) is 0 Å². The van der Waals surface area contributed by atoms with E-state index >= 15 is 0 Å². The van der Waals surface area contributed by atoms with E-state index in [-0.39, 0.29) is 12.6 Å². The standard InChI is InChI=1S/C12H22N2O2/c15-10-11-5-8-14(9-11)12(16)13-6-3-1-2-4-7-13/h11,15H,1-10H2. The van der Waals surface area contributed by atoms with Crippen molar-refractivity contribution in [3.05, 3.63) is 0 Å². The van der Waals surface area contributed by atoms with E-state index in [4.69, 9.17) is 5.11 Å². The zero-order chi connectivity index (χ0) is 11.4. The summed E-state index contributed by atoms with van der Waals surface area (Å²) in [7, 11) is 0. The summed E-state index contributed by atoms with van der Waals surface area (Å²) in [5.41, 5.74) is 0. The van der Waals surface area contributed by atoms with Gasteiger partial charge in [-0.3, -0.25) is 0 Å². The molecule has 0 spiro atoms. The Bertz CT molecular complexity index is 237. The van der Waals surface area contributed by atoms with E-state index in [0.29, 0.717) is 5.92 Å². The Morgan fingerprint density at radius 3 is 2.31 bits per heavy atom. The van der Waals surface area contributed by atoms with E-state index in [9.17, 15) is 4.79 Å². The molecule has 2 aliphatic rings. The Morgan fingerprint density at radius 2 is 1.75 bits per heavy atom. The molecule has 2 aliphatic heterocycles. The van der Waals surface area contributed by atoms with Gasteiger partial charge >= 0.3 is 6.03 Å². The third-order valence-electron chi connectivity index (χ3n) is 3.69. The van der Waals surface area contributed by atoms with E-state index < -0.39 is 0 Å². The van der Waals surface area contributed by atoms with Crippen LogP contribution < -0.4 is 0 Å². The van der Waals surface area contributed by atoms with E-state index in [0.717, 1.165) is 45.4 Å². The average molecular weight is 226 g/mol. The predicted molar refractivity (Wildman–Crippen MR) is 62.2 cm³/mol. The molecule has 0 aromatic carbocycles. The van der Waals surface area contributed by atoms with Crippen molar-refractivity contribution in [1.29, 1.82) is 0 Å². The van der Waals surface area contributed by atoms with Crippen LogP contribution in [-0.2, 0) is 0 Å². The molecule has 4 nitrogen and oxygen atoms in total. The molecule has 0 saturated carbocycles. The number of carbonyl (C=O) groups excluding carboxylic acids is 1. The van der Waals surface area contributed by atoms with Crippen LogP contribution in [0.1, 0.15) is 32.1 Å². The third kappa shape index (κ3) is 2.67. The zero-order valence-electron chi connectivity index (χ0n) is 9.90. The van der Waals surface area contributed by atoms with E-state index in [1.165, 1.54) is 12.8 Å². The normalized spacial score (nSPS) is 26.9. The van der Waals surface area contributed by atoms with Crippen molar-refractivity contribution in [2.45, 2.75) is 32.1 Å². The van der Waals surface area contributed by atoms with Gasteiger partial charge in [0.2, 0.25) is 0 Å². The van der Waals surface area contributed by atoms with Crippen molar-refractivity contribution in [3.63, 3.8) is 0 Å².